The molecule has 3 N–H and O–H groups in total. The minimum Gasteiger partial charge on any atom is -0.325 e. The van der Waals surface area contributed by atoms with Gasteiger partial charge in [-0.1, -0.05) is 34.6 Å². The molecule has 1 aliphatic rings. The summed E-state index contributed by atoms with van der Waals surface area (Å²) < 4.78 is 0. The molecule has 0 aliphatic heterocycles. The van der Waals surface area contributed by atoms with E-state index in [-0.39, 0.29) is 16.4 Å². The molecular formula is C17H34N2. The van der Waals surface area contributed by atoms with Crippen molar-refractivity contribution in [3.8, 4) is 0 Å². The summed E-state index contributed by atoms with van der Waals surface area (Å²) in [6.45, 7) is 13.9. The molecule has 0 spiro atoms. The maximum atomic E-state index is 7.78. The third kappa shape index (κ3) is 4.05. The van der Waals surface area contributed by atoms with Crippen LogP contribution in [0.25, 0.3) is 0 Å². The second-order valence-corrected chi connectivity index (χ2v) is 8.76. The van der Waals surface area contributed by atoms with Crippen molar-refractivity contribution in [2.45, 2.75) is 85.6 Å². The first-order chi connectivity index (χ1) is 8.43. The second-order valence-electron chi connectivity index (χ2n) is 8.76. The molecule has 19 heavy (non-hydrogen) atoms. The van der Waals surface area contributed by atoms with Crippen LogP contribution in [-0.2, 0) is 0 Å². The van der Waals surface area contributed by atoms with Crippen molar-refractivity contribution in [2.24, 2.45) is 22.0 Å². The van der Waals surface area contributed by atoms with Crippen LogP contribution in [0.4, 0.5) is 0 Å². The van der Waals surface area contributed by atoms with Crippen molar-refractivity contribution >= 4 is 6.21 Å². The van der Waals surface area contributed by atoms with Crippen LogP contribution in [0.2, 0.25) is 0 Å². The van der Waals surface area contributed by atoms with Crippen molar-refractivity contribution in [2.75, 3.05) is 0 Å². The van der Waals surface area contributed by atoms with E-state index in [1.165, 1.54) is 12.8 Å². The number of hydrogen-bond acceptors (Lipinski definition) is 2. The highest BCUT2D eigenvalue weighted by molar-refractivity contribution is 5.61. The number of rotatable bonds is 1. The fraction of sp³-hybridized carbons (Fsp3) is 0.941. The number of nitrogens with two attached hydrogens (primary N) is 1. The van der Waals surface area contributed by atoms with E-state index in [1.54, 1.807) is 6.21 Å². The monoisotopic (exact) mass is 266 g/mol. The Morgan fingerprint density at radius 2 is 1.32 bits per heavy atom. The minimum atomic E-state index is -0.0822. The van der Waals surface area contributed by atoms with E-state index < -0.39 is 0 Å². The summed E-state index contributed by atoms with van der Waals surface area (Å²) in [6, 6.07) is 0. The zero-order chi connectivity index (χ0) is 14.9. The van der Waals surface area contributed by atoms with Gasteiger partial charge < -0.3 is 11.1 Å². The van der Waals surface area contributed by atoms with Gasteiger partial charge in [0.15, 0.2) is 0 Å². The van der Waals surface area contributed by atoms with Crippen LogP contribution in [-0.4, -0.2) is 11.8 Å². The Labute approximate surface area is 120 Å². The summed E-state index contributed by atoms with van der Waals surface area (Å²) in [5, 5.41) is 7.78. The normalized spacial score (nSPS) is 42.1. The highest BCUT2D eigenvalue weighted by Crippen LogP contribution is 2.50. The van der Waals surface area contributed by atoms with Gasteiger partial charge in [0, 0.05) is 17.2 Å². The molecule has 1 aliphatic carbocycles. The summed E-state index contributed by atoms with van der Waals surface area (Å²) in [5.74, 6) is 0. The Bertz CT molecular complexity index is 327. The van der Waals surface area contributed by atoms with E-state index in [0.717, 1.165) is 25.7 Å². The third-order valence-electron chi connectivity index (χ3n) is 5.92. The standard InChI is InChI=1S/C17H34N2/c1-14(2,3)16(5)9-7-15(4,13-18)8-11-17(6,19)12-10-16/h13,18H,7-12,19H2,1-6H3. The lowest BCUT2D eigenvalue weighted by molar-refractivity contribution is 0.0694. The van der Waals surface area contributed by atoms with Crippen LogP contribution in [0.1, 0.15) is 80.1 Å². The quantitative estimate of drug-likeness (QED) is 0.660. The van der Waals surface area contributed by atoms with Gasteiger partial charge in [0.05, 0.1) is 0 Å². The second kappa shape index (κ2) is 5.20. The molecule has 0 radical (unpaired) electrons. The molecule has 2 heteroatoms. The molecule has 1 rings (SSSR count). The molecule has 0 saturated heterocycles. The van der Waals surface area contributed by atoms with E-state index in [1.807, 2.05) is 0 Å². The van der Waals surface area contributed by atoms with E-state index in [2.05, 4.69) is 41.5 Å². The van der Waals surface area contributed by atoms with Gasteiger partial charge in [-0.15, -0.1) is 0 Å². The Morgan fingerprint density at radius 3 is 1.79 bits per heavy atom. The van der Waals surface area contributed by atoms with Crippen LogP contribution in [0.5, 0.6) is 0 Å². The number of hydrogen-bond donors (Lipinski definition) is 2. The van der Waals surface area contributed by atoms with Gasteiger partial charge in [0.2, 0.25) is 0 Å². The Kier molecular flexibility index (Phi) is 4.56. The van der Waals surface area contributed by atoms with Crippen molar-refractivity contribution in [3.05, 3.63) is 0 Å². The molecule has 1 saturated carbocycles. The molecule has 0 bridgehead atoms. The Hall–Kier alpha value is -0.370. The Balaban J connectivity index is 3.03. The zero-order valence-electron chi connectivity index (χ0n) is 13.9. The van der Waals surface area contributed by atoms with Crippen molar-refractivity contribution in [3.63, 3.8) is 0 Å². The largest absolute Gasteiger partial charge is 0.325 e. The fourth-order valence-corrected chi connectivity index (χ4v) is 2.96. The van der Waals surface area contributed by atoms with Gasteiger partial charge >= 0.3 is 0 Å². The van der Waals surface area contributed by atoms with E-state index in [4.69, 9.17) is 11.1 Å². The zero-order valence-corrected chi connectivity index (χ0v) is 13.9. The molecule has 112 valence electrons. The Morgan fingerprint density at radius 1 is 0.895 bits per heavy atom. The molecular weight excluding hydrogens is 232 g/mol. The summed E-state index contributed by atoms with van der Waals surface area (Å²) in [7, 11) is 0. The average molecular weight is 266 g/mol. The van der Waals surface area contributed by atoms with Crippen LogP contribution < -0.4 is 5.73 Å². The topological polar surface area (TPSA) is 49.9 Å². The van der Waals surface area contributed by atoms with Crippen LogP contribution in [0, 0.1) is 21.7 Å². The lowest BCUT2D eigenvalue weighted by atomic mass is 9.61. The van der Waals surface area contributed by atoms with Crippen LogP contribution in [0.3, 0.4) is 0 Å². The van der Waals surface area contributed by atoms with Crippen LogP contribution >= 0.6 is 0 Å². The molecule has 2 nitrogen and oxygen atoms in total. The van der Waals surface area contributed by atoms with E-state index in [9.17, 15) is 0 Å². The van der Waals surface area contributed by atoms with E-state index in [0.29, 0.717) is 5.41 Å². The lowest BCUT2D eigenvalue weighted by Crippen LogP contribution is -2.40. The smallest absolute Gasteiger partial charge is 0.0126 e. The number of nitrogens with one attached hydrogen (secondary N) is 1. The first kappa shape index (κ1) is 16.7. The molecule has 3 unspecified atom stereocenters. The lowest BCUT2D eigenvalue weighted by Gasteiger charge is -2.44. The predicted molar refractivity (Wildman–Crippen MR) is 84.7 cm³/mol. The predicted octanol–water partition coefficient (Wildman–Crippen LogP) is 4.77. The van der Waals surface area contributed by atoms with E-state index >= 15 is 0 Å². The molecule has 3 atom stereocenters. The van der Waals surface area contributed by atoms with Gasteiger partial charge in [0.1, 0.15) is 0 Å². The minimum absolute atomic E-state index is 0.0253. The molecule has 0 aromatic rings. The third-order valence-corrected chi connectivity index (χ3v) is 5.92. The van der Waals surface area contributed by atoms with Crippen molar-refractivity contribution < 1.29 is 0 Å². The van der Waals surface area contributed by atoms with Gasteiger partial charge in [-0.05, 0) is 56.3 Å². The first-order valence-electron chi connectivity index (χ1n) is 7.74. The van der Waals surface area contributed by atoms with Crippen LogP contribution in [0.15, 0.2) is 0 Å². The SMILES string of the molecule is CC1(N)CCC(C)(C=N)CCC(C)(C(C)(C)C)CC1. The highest BCUT2D eigenvalue weighted by atomic mass is 14.7. The summed E-state index contributed by atoms with van der Waals surface area (Å²) in [5.41, 5.74) is 7.02. The molecule has 0 amide bonds. The van der Waals surface area contributed by atoms with Gasteiger partial charge in [-0.2, -0.15) is 0 Å². The van der Waals surface area contributed by atoms with Gasteiger partial charge in [-0.25, -0.2) is 0 Å². The molecule has 0 aromatic heterocycles. The maximum Gasteiger partial charge on any atom is 0.0126 e. The fourth-order valence-electron chi connectivity index (χ4n) is 2.96. The summed E-state index contributed by atoms with van der Waals surface area (Å²) >= 11 is 0. The van der Waals surface area contributed by atoms with Crippen molar-refractivity contribution in [1.82, 2.24) is 0 Å². The summed E-state index contributed by atoms with van der Waals surface area (Å²) in [4.78, 5) is 0. The average Bonchev–Trinajstić information content (AvgIpc) is 2.34. The van der Waals surface area contributed by atoms with Crippen molar-refractivity contribution in [1.29, 1.82) is 5.41 Å². The molecule has 0 aromatic carbocycles. The highest BCUT2D eigenvalue weighted by Gasteiger charge is 2.41. The molecule has 0 heterocycles. The van der Waals surface area contributed by atoms with Gasteiger partial charge in [0.25, 0.3) is 0 Å². The van der Waals surface area contributed by atoms with Gasteiger partial charge in [-0.3, -0.25) is 0 Å². The first-order valence-corrected chi connectivity index (χ1v) is 7.74. The molecule has 1 fully saturated rings. The maximum absolute atomic E-state index is 7.78. The summed E-state index contributed by atoms with van der Waals surface area (Å²) in [6.07, 6.45) is 8.32.